The average molecular weight is 1020 g/mol. The number of hydrogen-bond donors (Lipinski definition) is 0. The third-order valence-corrected chi connectivity index (χ3v) is 24.6. The van der Waals surface area contributed by atoms with Gasteiger partial charge in [-0.3, -0.25) is 0 Å². The van der Waals surface area contributed by atoms with Gasteiger partial charge in [-0.15, -0.1) is 0 Å². The minimum atomic E-state index is -5.29. The number of alkyl halides is 12. The first-order valence-electron chi connectivity index (χ1n) is 26.0. The number of halogens is 12. The molecule has 7 atom stereocenters. The molecule has 0 nitrogen and oxygen atoms in total. The third-order valence-electron chi connectivity index (χ3n) is 18.1. The van der Waals surface area contributed by atoms with Gasteiger partial charge in [0.05, 0.1) is 22.3 Å². The lowest BCUT2D eigenvalue weighted by Crippen LogP contribution is -2.46. The standard InChI is InChI=1S/C55H66F12P2/c1-34(68(43-30-37(52(56,57)58)28-38(31-43)53(59,60)61)44-32-39(54(62,63)64)29-40(33-44)55(65,66)67)51-27-13-23-48(51)50-47(46-21-11-20-45(46)35-14-5-2-6-15-36(51)26-25-35)22-12-24-49(50)69(41-16-7-3-8-17-41)42-18-9-4-10-19-42/h12,22,24,28-36,41-42,45-46,48H,2-11,13-21,23,25-27H2,1H3/t34-,35?,36?,45?,46?,48?,51?/m1/s1. The van der Waals surface area contributed by atoms with Crippen molar-refractivity contribution in [2.75, 3.05) is 0 Å². The highest BCUT2D eigenvalue weighted by Crippen LogP contribution is 2.69. The van der Waals surface area contributed by atoms with Crippen molar-refractivity contribution < 1.29 is 52.7 Å². The molecule has 0 radical (unpaired) electrons. The molecule has 6 aliphatic carbocycles. The van der Waals surface area contributed by atoms with Crippen LogP contribution < -0.4 is 15.9 Å². The molecule has 5 saturated carbocycles. The zero-order valence-electron chi connectivity index (χ0n) is 39.5. The van der Waals surface area contributed by atoms with Gasteiger partial charge >= 0.3 is 24.7 Å². The van der Waals surface area contributed by atoms with Crippen LogP contribution in [-0.2, 0) is 24.7 Å². The van der Waals surface area contributed by atoms with Crippen molar-refractivity contribution in [3.8, 4) is 0 Å². The van der Waals surface area contributed by atoms with Crippen LogP contribution in [0, 0.1) is 23.2 Å². The molecule has 3 aromatic rings. The van der Waals surface area contributed by atoms with Gasteiger partial charge in [0, 0.05) is 0 Å². The predicted octanol–water partition coefficient (Wildman–Crippen LogP) is 18.2. The Morgan fingerprint density at radius 1 is 0.493 bits per heavy atom. The van der Waals surface area contributed by atoms with E-state index in [0.29, 0.717) is 66.7 Å². The van der Waals surface area contributed by atoms with E-state index >= 15 is 0 Å². The van der Waals surface area contributed by atoms with Crippen LogP contribution in [0.3, 0.4) is 0 Å². The summed E-state index contributed by atoms with van der Waals surface area (Å²) < 4.78 is 179. The number of benzene rings is 3. The summed E-state index contributed by atoms with van der Waals surface area (Å²) in [5.41, 5.74) is -4.64. The lowest BCUT2D eigenvalue weighted by atomic mass is 9.59. The van der Waals surface area contributed by atoms with E-state index in [4.69, 9.17) is 0 Å². The van der Waals surface area contributed by atoms with Crippen molar-refractivity contribution in [1.82, 2.24) is 0 Å². The van der Waals surface area contributed by atoms with Crippen LogP contribution in [0.5, 0.6) is 0 Å². The molecule has 9 rings (SSSR count). The third kappa shape index (κ3) is 10.4. The highest BCUT2D eigenvalue weighted by Gasteiger charge is 2.57. The average Bonchev–Trinajstić information content (AvgIpc) is 3.99. The maximum atomic E-state index is 14.9. The minimum Gasteiger partial charge on any atom is -0.166 e. The van der Waals surface area contributed by atoms with Gasteiger partial charge in [0.2, 0.25) is 0 Å². The molecule has 2 bridgehead atoms. The summed E-state index contributed by atoms with van der Waals surface area (Å²) in [5.74, 6) is 0.789. The number of hydrogen-bond acceptors (Lipinski definition) is 0. The van der Waals surface area contributed by atoms with Crippen LogP contribution in [0.25, 0.3) is 0 Å². The monoisotopic (exact) mass is 1020 g/mol. The molecule has 380 valence electrons. The molecular weight excluding hydrogens is 951 g/mol. The Bertz CT molecular complexity index is 2090. The molecule has 69 heavy (non-hydrogen) atoms. The fourth-order valence-electron chi connectivity index (χ4n) is 15.3. The van der Waals surface area contributed by atoms with Crippen LogP contribution in [0.2, 0.25) is 0 Å². The zero-order chi connectivity index (χ0) is 49.1. The van der Waals surface area contributed by atoms with Crippen LogP contribution in [-0.4, -0.2) is 17.0 Å². The van der Waals surface area contributed by atoms with E-state index in [2.05, 4.69) is 18.2 Å². The van der Waals surface area contributed by atoms with E-state index in [9.17, 15) is 52.7 Å². The summed E-state index contributed by atoms with van der Waals surface area (Å²) in [6.07, 6.45) is 1.80. The quantitative estimate of drug-likeness (QED) is 0.163. The smallest absolute Gasteiger partial charge is 0.166 e. The van der Waals surface area contributed by atoms with Gasteiger partial charge in [0.15, 0.2) is 0 Å². The minimum absolute atomic E-state index is 0.00685. The molecule has 5 fully saturated rings. The summed E-state index contributed by atoms with van der Waals surface area (Å²) in [6, 6.07) is 9.31. The SMILES string of the molecule is C[C@@H](P(c1cc(C(F)(F)F)cc(C(F)(F)F)c1)c1cc(C(F)(F)F)cc(C(F)(F)F)c1)C12CCCC1c1c(cccc1P(C1CCCCC1)C1CCCCC1)C1CCCC1C1CCCCCC2CC1. The van der Waals surface area contributed by atoms with Crippen molar-refractivity contribution in [2.24, 2.45) is 23.2 Å². The lowest BCUT2D eigenvalue weighted by Gasteiger charge is -2.53. The van der Waals surface area contributed by atoms with Crippen LogP contribution in [0.4, 0.5) is 52.7 Å². The maximum Gasteiger partial charge on any atom is 0.416 e. The van der Waals surface area contributed by atoms with Gasteiger partial charge in [-0.2, -0.15) is 52.7 Å². The van der Waals surface area contributed by atoms with E-state index < -0.39 is 84.5 Å². The lowest BCUT2D eigenvalue weighted by molar-refractivity contribution is -0.144. The molecule has 6 aliphatic rings. The van der Waals surface area contributed by atoms with Gasteiger partial charge in [0.25, 0.3) is 0 Å². The molecule has 0 spiro atoms. The van der Waals surface area contributed by atoms with Gasteiger partial charge < -0.3 is 0 Å². The first kappa shape index (κ1) is 51.6. The van der Waals surface area contributed by atoms with E-state index in [0.717, 1.165) is 116 Å². The summed E-state index contributed by atoms with van der Waals surface area (Å²) in [6.45, 7) is 1.80. The fourth-order valence-corrected chi connectivity index (χ4v) is 22.6. The van der Waals surface area contributed by atoms with Gasteiger partial charge in [-0.1, -0.05) is 110 Å². The first-order chi connectivity index (χ1) is 32.7. The van der Waals surface area contributed by atoms with Crippen molar-refractivity contribution in [1.29, 1.82) is 0 Å². The zero-order valence-corrected chi connectivity index (χ0v) is 41.3. The second-order valence-electron chi connectivity index (χ2n) is 21.8. The predicted molar refractivity (Wildman–Crippen MR) is 254 cm³/mol. The van der Waals surface area contributed by atoms with Gasteiger partial charge in [-0.05, 0) is 194 Å². The molecule has 0 heterocycles. The molecule has 3 aromatic carbocycles. The highest BCUT2D eigenvalue weighted by atomic mass is 31.1. The molecule has 0 N–H and O–H groups in total. The Kier molecular flexibility index (Phi) is 15.1. The molecule has 0 aromatic heterocycles. The largest absolute Gasteiger partial charge is 0.416 e. The Morgan fingerprint density at radius 2 is 0.986 bits per heavy atom. The molecule has 14 heteroatoms. The topological polar surface area (TPSA) is 0 Å². The van der Waals surface area contributed by atoms with Crippen LogP contribution in [0.1, 0.15) is 200 Å². The fraction of sp³-hybridized carbons (Fsp3) is 0.673. The van der Waals surface area contributed by atoms with E-state index in [1.54, 1.807) is 6.92 Å². The Labute approximate surface area is 402 Å². The molecule has 6 unspecified atom stereocenters. The van der Waals surface area contributed by atoms with Gasteiger partial charge in [0.1, 0.15) is 0 Å². The first-order valence-corrected chi connectivity index (χ1v) is 28.8. The van der Waals surface area contributed by atoms with Crippen molar-refractivity contribution in [3.05, 3.63) is 88.0 Å². The van der Waals surface area contributed by atoms with Crippen LogP contribution >= 0.6 is 15.8 Å². The molecule has 0 amide bonds. The number of rotatable bonds is 7. The van der Waals surface area contributed by atoms with E-state index in [1.807, 2.05) is 0 Å². The Morgan fingerprint density at radius 3 is 1.49 bits per heavy atom. The highest BCUT2D eigenvalue weighted by molar-refractivity contribution is 7.73. The molecule has 0 saturated heterocycles. The normalized spacial score (nSPS) is 28.5. The van der Waals surface area contributed by atoms with Crippen molar-refractivity contribution in [2.45, 2.75) is 208 Å². The summed E-state index contributed by atoms with van der Waals surface area (Å²) in [7, 11) is -3.46. The summed E-state index contributed by atoms with van der Waals surface area (Å²) in [5, 5.41) is 0.393. The van der Waals surface area contributed by atoms with Crippen molar-refractivity contribution in [3.63, 3.8) is 0 Å². The molecule has 0 aliphatic heterocycles. The Hall–Kier alpha value is -2.32. The summed E-state index contributed by atoms with van der Waals surface area (Å²) >= 11 is 0. The second kappa shape index (κ2) is 20.2. The van der Waals surface area contributed by atoms with E-state index in [1.165, 1.54) is 29.3 Å². The Balaban J connectivity index is 1.35. The van der Waals surface area contributed by atoms with Gasteiger partial charge in [-0.25, -0.2) is 0 Å². The van der Waals surface area contributed by atoms with Crippen LogP contribution in [0.15, 0.2) is 54.6 Å². The summed E-state index contributed by atoms with van der Waals surface area (Å²) in [4.78, 5) is 0. The van der Waals surface area contributed by atoms with Crippen molar-refractivity contribution >= 4 is 31.8 Å². The van der Waals surface area contributed by atoms with E-state index in [-0.39, 0.29) is 29.9 Å². The maximum absolute atomic E-state index is 14.9. The molecular formula is C55H66F12P2. The number of fused-ring (bicyclic) bond motifs is 10. The second-order valence-corrected chi connectivity index (χ2v) is 27.1.